The summed E-state index contributed by atoms with van der Waals surface area (Å²) in [7, 11) is 0. The lowest BCUT2D eigenvalue weighted by atomic mass is 9.77. The summed E-state index contributed by atoms with van der Waals surface area (Å²) in [5.41, 5.74) is 1.33. The van der Waals surface area contributed by atoms with Crippen LogP contribution in [0.4, 0.5) is 0 Å². The topological polar surface area (TPSA) is 60.9 Å². The molecular weight excluding hydrogens is 340 g/mol. The Bertz CT molecular complexity index is 651. The molecule has 2 amide bonds. The first-order chi connectivity index (χ1) is 12.9. The van der Waals surface area contributed by atoms with Gasteiger partial charge in [-0.15, -0.1) is 0 Å². The normalized spacial score (nSPS) is 20.5. The number of hydrogen-bond donors (Lipinski definition) is 1. The van der Waals surface area contributed by atoms with Crippen LogP contribution in [0.25, 0.3) is 0 Å². The van der Waals surface area contributed by atoms with E-state index in [2.05, 4.69) is 24.3 Å². The lowest BCUT2D eigenvalue weighted by Gasteiger charge is -2.39. The van der Waals surface area contributed by atoms with Crippen molar-refractivity contribution in [1.29, 1.82) is 0 Å². The Hall–Kier alpha value is -1.88. The molecule has 5 nitrogen and oxygen atoms in total. The van der Waals surface area contributed by atoms with Gasteiger partial charge in [0.15, 0.2) is 0 Å². The summed E-state index contributed by atoms with van der Waals surface area (Å²) in [6, 6.07) is 10.4. The first kappa shape index (κ1) is 19.9. The third-order valence-electron chi connectivity index (χ3n) is 6.16. The molecule has 1 spiro atoms. The van der Waals surface area contributed by atoms with Crippen molar-refractivity contribution in [2.45, 2.75) is 52.1 Å². The van der Waals surface area contributed by atoms with Crippen molar-refractivity contribution in [1.82, 2.24) is 9.80 Å². The number of carbonyl (C=O) groups excluding carboxylic acids is 2. The second kappa shape index (κ2) is 8.42. The lowest BCUT2D eigenvalue weighted by molar-refractivity contribution is -0.144. The quantitative estimate of drug-likeness (QED) is 0.834. The van der Waals surface area contributed by atoms with E-state index in [1.165, 1.54) is 5.56 Å². The summed E-state index contributed by atoms with van der Waals surface area (Å²) in [4.78, 5) is 28.6. The number of rotatable bonds is 6. The predicted octanol–water partition coefficient (Wildman–Crippen LogP) is 2.48. The maximum absolute atomic E-state index is 12.5. The van der Waals surface area contributed by atoms with Crippen molar-refractivity contribution in [3.63, 3.8) is 0 Å². The van der Waals surface area contributed by atoms with E-state index in [0.717, 1.165) is 38.8 Å². The van der Waals surface area contributed by atoms with E-state index in [-0.39, 0.29) is 23.1 Å². The van der Waals surface area contributed by atoms with E-state index in [9.17, 15) is 14.7 Å². The number of likely N-dealkylation sites (tertiary alicyclic amines) is 2. The van der Waals surface area contributed by atoms with Crippen molar-refractivity contribution in [2.75, 3.05) is 26.2 Å². The second-order valence-electron chi connectivity index (χ2n) is 8.60. The highest BCUT2D eigenvalue weighted by molar-refractivity contribution is 5.81. The molecule has 2 fully saturated rings. The standard InChI is InChI=1S/C22H32N2O3/c1-17(2)20(26)21(27)23-13-10-22(11-14-23)15-19(25)24(16-22)12-6-9-18-7-4-3-5-8-18/h3-5,7-8,17,20,26H,6,9-16H2,1-2H3/t20-/m1/s1. The number of aryl methyl sites for hydroxylation is 1. The Morgan fingerprint density at radius 3 is 2.48 bits per heavy atom. The Labute approximate surface area is 162 Å². The maximum atomic E-state index is 12.5. The van der Waals surface area contributed by atoms with Gasteiger partial charge in [0.1, 0.15) is 6.10 Å². The van der Waals surface area contributed by atoms with Crippen molar-refractivity contribution >= 4 is 11.8 Å². The van der Waals surface area contributed by atoms with Gasteiger partial charge in [-0.05, 0) is 37.2 Å². The van der Waals surface area contributed by atoms with Gasteiger partial charge in [0, 0.05) is 38.0 Å². The SMILES string of the molecule is CC(C)[C@@H](O)C(=O)N1CCC2(CC1)CC(=O)N(CCCc1ccccc1)C2. The number of amides is 2. The number of aliphatic hydroxyl groups excluding tert-OH is 1. The zero-order valence-corrected chi connectivity index (χ0v) is 16.6. The largest absolute Gasteiger partial charge is 0.383 e. The van der Waals surface area contributed by atoms with E-state index in [4.69, 9.17) is 0 Å². The second-order valence-corrected chi connectivity index (χ2v) is 8.60. The molecule has 2 aliphatic heterocycles. The van der Waals surface area contributed by atoms with Crippen LogP contribution in [0.2, 0.25) is 0 Å². The number of nitrogens with zero attached hydrogens (tertiary/aromatic N) is 2. The molecule has 2 aliphatic rings. The van der Waals surface area contributed by atoms with Crippen LogP contribution in [0.3, 0.4) is 0 Å². The molecule has 0 radical (unpaired) electrons. The molecule has 5 heteroatoms. The van der Waals surface area contributed by atoms with Gasteiger partial charge in [-0.3, -0.25) is 9.59 Å². The smallest absolute Gasteiger partial charge is 0.251 e. The van der Waals surface area contributed by atoms with Crippen LogP contribution >= 0.6 is 0 Å². The molecule has 1 atom stereocenters. The van der Waals surface area contributed by atoms with E-state index >= 15 is 0 Å². The molecule has 1 N–H and O–H groups in total. The van der Waals surface area contributed by atoms with Crippen LogP contribution in [-0.2, 0) is 16.0 Å². The minimum Gasteiger partial charge on any atom is -0.383 e. The van der Waals surface area contributed by atoms with Gasteiger partial charge < -0.3 is 14.9 Å². The van der Waals surface area contributed by atoms with Gasteiger partial charge in [0.2, 0.25) is 5.91 Å². The Morgan fingerprint density at radius 2 is 1.85 bits per heavy atom. The Balaban J connectivity index is 1.48. The molecule has 0 bridgehead atoms. The number of benzene rings is 1. The third kappa shape index (κ3) is 4.70. The molecule has 1 aromatic rings. The maximum Gasteiger partial charge on any atom is 0.251 e. The minimum atomic E-state index is -0.918. The fourth-order valence-corrected chi connectivity index (χ4v) is 4.31. The van der Waals surface area contributed by atoms with Gasteiger partial charge in [0.05, 0.1) is 0 Å². The van der Waals surface area contributed by atoms with Gasteiger partial charge in [-0.25, -0.2) is 0 Å². The molecule has 0 aromatic heterocycles. The van der Waals surface area contributed by atoms with Crippen molar-refractivity contribution in [3.05, 3.63) is 35.9 Å². The first-order valence-electron chi connectivity index (χ1n) is 10.2. The molecule has 148 valence electrons. The van der Waals surface area contributed by atoms with Gasteiger partial charge >= 0.3 is 0 Å². The highest BCUT2D eigenvalue weighted by Crippen LogP contribution is 2.41. The zero-order chi connectivity index (χ0) is 19.4. The first-order valence-corrected chi connectivity index (χ1v) is 10.2. The van der Waals surface area contributed by atoms with Gasteiger partial charge in [-0.1, -0.05) is 44.2 Å². The van der Waals surface area contributed by atoms with Crippen LogP contribution in [0.15, 0.2) is 30.3 Å². The van der Waals surface area contributed by atoms with Gasteiger partial charge in [-0.2, -0.15) is 0 Å². The van der Waals surface area contributed by atoms with Crippen LogP contribution in [-0.4, -0.2) is 59.0 Å². The fourth-order valence-electron chi connectivity index (χ4n) is 4.31. The molecule has 3 rings (SSSR count). The van der Waals surface area contributed by atoms with Gasteiger partial charge in [0.25, 0.3) is 5.91 Å². The molecule has 27 heavy (non-hydrogen) atoms. The van der Waals surface area contributed by atoms with Crippen molar-refractivity contribution in [3.8, 4) is 0 Å². The molecule has 2 heterocycles. The lowest BCUT2D eigenvalue weighted by Crippen LogP contribution is -2.48. The molecule has 0 unspecified atom stereocenters. The Kier molecular flexibility index (Phi) is 6.20. The molecule has 0 aliphatic carbocycles. The van der Waals surface area contributed by atoms with Crippen molar-refractivity contribution in [2.24, 2.45) is 11.3 Å². The monoisotopic (exact) mass is 372 g/mol. The number of hydrogen-bond acceptors (Lipinski definition) is 3. The summed E-state index contributed by atoms with van der Waals surface area (Å²) in [6.07, 6.45) is 3.37. The molecular formula is C22H32N2O3. The van der Waals surface area contributed by atoms with Crippen LogP contribution < -0.4 is 0 Å². The Morgan fingerprint density at radius 1 is 1.19 bits per heavy atom. The van der Waals surface area contributed by atoms with E-state index < -0.39 is 6.10 Å². The summed E-state index contributed by atoms with van der Waals surface area (Å²) in [5.74, 6) is 0.0236. The van der Waals surface area contributed by atoms with E-state index in [1.807, 2.05) is 24.8 Å². The average molecular weight is 373 g/mol. The van der Waals surface area contributed by atoms with Crippen LogP contribution in [0.1, 0.15) is 45.1 Å². The van der Waals surface area contributed by atoms with E-state index in [1.54, 1.807) is 4.90 Å². The predicted molar refractivity (Wildman–Crippen MR) is 105 cm³/mol. The summed E-state index contributed by atoms with van der Waals surface area (Å²) < 4.78 is 0. The minimum absolute atomic E-state index is 0.0173. The summed E-state index contributed by atoms with van der Waals surface area (Å²) >= 11 is 0. The zero-order valence-electron chi connectivity index (χ0n) is 16.6. The summed E-state index contributed by atoms with van der Waals surface area (Å²) in [5, 5.41) is 10.0. The number of aliphatic hydroxyl groups is 1. The molecule has 0 saturated carbocycles. The van der Waals surface area contributed by atoms with Crippen LogP contribution in [0.5, 0.6) is 0 Å². The molecule has 1 aromatic carbocycles. The van der Waals surface area contributed by atoms with Crippen LogP contribution in [0, 0.1) is 11.3 Å². The van der Waals surface area contributed by atoms with Crippen molar-refractivity contribution < 1.29 is 14.7 Å². The highest BCUT2D eigenvalue weighted by atomic mass is 16.3. The summed E-state index contributed by atoms with van der Waals surface area (Å²) in [6.45, 7) is 6.63. The fraction of sp³-hybridized carbons (Fsp3) is 0.636. The highest BCUT2D eigenvalue weighted by Gasteiger charge is 2.45. The molecule has 2 saturated heterocycles. The number of carbonyl (C=O) groups is 2. The third-order valence-corrected chi connectivity index (χ3v) is 6.16. The number of piperidine rings is 1. The van der Waals surface area contributed by atoms with E-state index in [0.29, 0.717) is 19.5 Å². The average Bonchev–Trinajstić information content (AvgIpc) is 2.97.